The highest BCUT2D eigenvalue weighted by Crippen LogP contribution is 2.13. The van der Waals surface area contributed by atoms with E-state index in [0.717, 1.165) is 0 Å². The largest absolute Gasteiger partial charge is 0.377 e. The van der Waals surface area contributed by atoms with Gasteiger partial charge in [-0.15, -0.1) is 0 Å². The first-order valence-corrected chi connectivity index (χ1v) is 4.21. The van der Waals surface area contributed by atoms with Crippen molar-refractivity contribution in [2.45, 2.75) is 39.6 Å². The van der Waals surface area contributed by atoms with Gasteiger partial charge in [-0.1, -0.05) is 6.92 Å². The van der Waals surface area contributed by atoms with Crippen LogP contribution in [0.5, 0.6) is 0 Å². The summed E-state index contributed by atoms with van der Waals surface area (Å²) in [5.41, 5.74) is -0.930. The first-order valence-electron chi connectivity index (χ1n) is 4.21. The summed E-state index contributed by atoms with van der Waals surface area (Å²) < 4.78 is 0. The molecular formula is C8H20N2O2. The summed E-state index contributed by atoms with van der Waals surface area (Å²) in [6, 6.07) is 0. The van der Waals surface area contributed by atoms with Crippen LogP contribution < -0.4 is 0 Å². The summed E-state index contributed by atoms with van der Waals surface area (Å²) in [6.07, 6.45) is -0.587. The molecule has 0 aromatic rings. The predicted octanol–water partition coefficient (Wildman–Crippen LogP) is 0.222. The van der Waals surface area contributed by atoms with Gasteiger partial charge in [0.15, 0.2) is 0 Å². The van der Waals surface area contributed by atoms with Crippen molar-refractivity contribution in [1.82, 2.24) is 10.0 Å². The van der Waals surface area contributed by atoms with Crippen molar-refractivity contribution in [3.8, 4) is 0 Å². The molecule has 4 nitrogen and oxygen atoms in total. The number of aliphatic hydroxyl groups excluding tert-OH is 1. The van der Waals surface area contributed by atoms with E-state index in [2.05, 4.69) is 0 Å². The lowest BCUT2D eigenvalue weighted by atomic mass is 10.3. The summed E-state index contributed by atoms with van der Waals surface area (Å²) in [5, 5.41) is 22.2. The van der Waals surface area contributed by atoms with Gasteiger partial charge in [-0.25, -0.2) is 10.0 Å². The molecule has 0 aliphatic rings. The summed E-state index contributed by atoms with van der Waals surface area (Å²) in [6.45, 7) is 7.63. The minimum absolute atomic E-state index is 0.587. The van der Waals surface area contributed by atoms with Crippen LogP contribution in [0, 0.1) is 0 Å². The van der Waals surface area contributed by atoms with Crippen molar-refractivity contribution in [3.05, 3.63) is 0 Å². The fraction of sp³-hybridized carbons (Fsp3) is 1.00. The first kappa shape index (κ1) is 11.8. The second-order valence-electron chi connectivity index (χ2n) is 3.42. The van der Waals surface area contributed by atoms with Crippen LogP contribution in [-0.4, -0.2) is 45.8 Å². The zero-order chi connectivity index (χ0) is 9.94. The van der Waals surface area contributed by atoms with E-state index in [1.54, 1.807) is 37.8 Å². The number of hydrogen-bond acceptors (Lipinski definition) is 4. The topological polar surface area (TPSA) is 46.9 Å². The van der Waals surface area contributed by atoms with E-state index in [9.17, 15) is 10.2 Å². The van der Waals surface area contributed by atoms with Gasteiger partial charge in [-0.05, 0) is 20.8 Å². The van der Waals surface area contributed by atoms with Gasteiger partial charge >= 0.3 is 0 Å². The Hall–Kier alpha value is -0.160. The smallest absolute Gasteiger partial charge is 0.125 e. The molecule has 0 saturated carbocycles. The Morgan fingerprint density at radius 2 is 1.83 bits per heavy atom. The van der Waals surface area contributed by atoms with Gasteiger partial charge in [0.05, 0.1) is 0 Å². The van der Waals surface area contributed by atoms with Crippen LogP contribution in [0.1, 0.15) is 27.7 Å². The van der Waals surface area contributed by atoms with Crippen molar-refractivity contribution in [3.63, 3.8) is 0 Å². The van der Waals surface area contributed by atoms with Crippen molar-refractivity contribution in [2.24, 2.45) is 0 Å². The predicted molar refractivity (Wildman–Crippen MR) is 48.1 cm³/mol. The van der Waals surface area contributed by atoms with Gasteiger partial charge in [-0.3, -0.25) is 0 Å². The molecule has 1 atom stereocenters. The van der Waals surface area contributed by atoms with Gasteiger partial charge < -0.3 is 10.2 Å². The van der Waals surface area contributed by atoms with Crippen molar-refractivity contribution >= 4 is 0 Å². The monoisotopic (exact) mass is 176 g/mol. The molecule has 0 rings (SSSR count). The van der Waals surface area contributed by atoms with E-state index in [1.165, 1.54) is 0 Å². The van der Waals surface area contributed by atoms with Gasteiger partial charge in [0, 0.05) is 13.6 Å². The average Bonchev–Trinajstić information content (AvgIpc) is 1.85. The Kier molecular flexibility index (Phi) is 4.13. The molecule has 0 spiro atoms. The maximum Gasteiger partial charge on any atom is 0.125 e. The molecule has 0 bridgehead atoms. The third-order valence-electron chi connectivity index (χ3n) is 1.85. The van der Waals surface area contributed by atoms with E-state index in [-0.39, 0.29) is 0 Å². The lowest BCUT2D eigenvalue weighted by Crippen LogP contribution is -2.55. The molecule has 0 saturated heterocycles. The Bertz CT molecular complexity index is 132. The Balaban J connectivity index is 4.35. The molecule has 4 heteroatoms. The maximum atomic E-state index is 9.67. The molecule has 2 N–H and O–H groups in total. The molecule has 0 aromatic heterocycles. The maximum absolute atomic E-state index is 9.67. The molecule has 74 valence electrons. The Morgan fingerprint density at radius 3 is 1.92 bits per heavy atom. The highest BCUT2D eigenvalue weighted by Gasteiger charge is 2.27. The summed E-state index contributed by atoms with van der Waals surface area (Å²) in [4.78, 5) is 0. The molecule has 0 amide bonds. The molecule has 0 heterocycles. The summed E-state index contributed by atoms with van der Waals surface area (Å²) >= 11 is 0. The number of nitrogens with zero attached hydrogens (tertiary/aromatic N) is 2. The van der Waals surface area contributed by atoms with Gasteiger partial charge in [0.2, 0.25) is 0 Å². The van der Waals surface area contributed by atoms with Gasteiger partial charge in [0.1, 0.15) is 12.0 Å². The van der Waals surface area contributed by atoms with Crippen LogP contribution in [-0.2, 0) is 0 Å². The van der Waals surface area contributed by atoms with Crippen molar-refractivity contribution in [2.75, 3.05) is 13.6 Å². The number of hydrazine groups is 1. The minimum Gasteiger partial charge on any atom is -0.377 e. The second-order valence-corrected chi connectivity index (χ2v) is 3.42. The van der Waals surface area contributed by atoms with E-state index < -0.39 is 12.0 Å². The van der Waals surface area contributed by atoms with Gasteiger partial charge in [-0.2, -0.15) is 0 Å². The highest BCUT2D eigenvalue weighted by molar-refractivity contribution is 4.65. The molecular weight excluding hydrogens is 156 g/mol. The third kappa shape index (κ3) is 3.06. The first-order chi connectivity index (χ1) is 5.30. The zero-order valence-corrected chi connectivity index (χ0v) is 8.57. The Morgan fingerprint density at radius 1 is 1.42 bits per heavy atom. The SMILES string of the molecule is CCN(N(C)C(C)O)C(C)(C)O. The van der Waals surface area contributed by atoms with Crippen molar-refractivity contribution < 1.29 is 10.2 Å². The van der Waals surface area contributed by atoms with Crippen LogP contribution in [0.25, 0.3) is 0 Å². The standard InChI is InChI=1S/C8H20N2O2/c1-6-10(8(3,4)12)9(5)7(2)11/h7,11-12H,6H2,1-5H3. The third-order valence-corrected chi connectivity index (χ3v) is 1.85. The zero-order valence-electron chi connectivity index (χ0n) is 8.57. The molecule has 12 heavy (non-hydrogen) atoms. The molecule has 0 aromatic carbocycles. The van der Waals surface area contributed by atoms with E-state index >= 15 is 0 Å². The van der Waals surface area contributed by atoms with Crippen molar-refractivity contribution in [1.29, 1.82) is 0 Å². The molecule has 0 fully saturated rings. The number of rotatable bonds is 4. The lowest BCUT2D eigenvalue weighted by molar-refractivity contribution is -0.224. The van der Waals surface area contributed by atoms with Crippen LogP contribution >= 0.6 is 0 Å². The van der Waals surface area contributed by atoms with Crippen LogP contribution in [0.3, 0.4) is 0 Å². The molecule has 1 unspecified atom stereocenters. The second kappa shape index (κ2) is 4.18. The molecule has 0 aliphatic heterocycles. The van der Waals surface area contributed by atoms with Gasteiger partial charge in [0.25, 0.3) is 0 Å². The van der Waals surface area contributed by atoms with E-state index in [4.69, 9.17) is 0 Å². The highest BCUT2D eigenvalue weighted by atomic mass is 16.3. The quantitative estimate of drug-likeness (QED) is 0.475. The fourth-order valence-corrected chi connectivity index (χ4v) is 1.20. The fourth-order valence-electron chi connectivity index (χ4n) is 1.20. The number of aliphatic hydroxyl groups is 2. The molecule has 0 radical (unpaired) electrons. The molecule has 0 aliphatic carbocycles. The normalized spacial score (nSPS) is 15.8. The summed E-state index contributed by atoms with van der Waals surface area (Å²) in [5.74, 6) is 0. The lowest BCUT2D eigenvalue weighted by Gasteiger charge is -2.41. The summed E-state index contributed by atoms with van der Waals surface area (Å²) in [7, 11) is 1.74. The van der Waals surface area contributed by atoms with Crippen LogP contribution in [0.2, 0.25) is 0 Å². The van der Waals surface area contributed by atoms with E-state index in [0.29, 0.717) is 6.54 Å². The number of hydrogen-bond donors (Lipinski definition) is 2. The van der Waals surface area contributed by atoms with Crippen LogP contribution in [0.4, 0.5) is 0 Å². The Labute approximate surface area is 74.4 Å². The minimum atomic E-state index is -0.930. The van der Waals surface area contributed by atoms with E-state index in [1.807, 2.05) is 6.92 Å². The van der Waals surface area contributed by atoms with Crippen LogP contribution in [0.15, 0.2) is 0 Å². The average molecular weight is 176 g/mol.